The molecule has 23 heavy (non-hydrogen) atoms. The number of nitrogens with two attached hydrogens (primary N) is 1. The third kappa shape index (κ3) is 3.37. The topological polar surface area (TPSA) is 55.1 Å². The van der Waals surface area contributed by atoms with Gasteiger partial charge in [-0.3, -0.25) is 4.79 Å². The predicted octanol–water partition coefficient (Wildman–Crippen LogP) is 3.34. The molecule has 2 aliphatic carbocycles. The standard InChI is InChI=1S/C17H21F3N2O/c18-17(19,20)14-7-2-1-6-13(14)16(23)22-15-10-4-3-5-11(15)9-12(21)8-10/h1-2,6-7,10-12,15H,3-5,8-9,21H2,(H,22,23). The second-order valence-corrected chi connectivity index (χ2v) is 6.73. The Morgan fingerprint density at radius 1 is 1.13 bits per heavy atom. The molecule has 0 aliphatic heterocycles. The monoisotopic (exact) mass is 326 g/mol. The Kier molecular flexibility index (Phi) is 4.36. The van der Waals surface area contributed by atoms with E-state index in [1.54, 1.807) is 0 Å². The lowest BCUT2D eigenvalue weighted by Crippen LogP contribution is -2.53. The van der Waals surface area contributed by atoms with E-state index in [1.807, 2.05) is 0 Å². The molecule has 0 saturated heterocycles. The maximum absolute atomic E-state index is 13.1. The molecule has 1 aromatic rings. The van der Waals surface area contributed by atoms with Crippen LogP contribution in [0.4, 0.5) is 13.2 Å². The van der Waals surface area contributed by atoms with Gasteiger partial charge >= 0.3 is 6.18 Å². The minimum absolute atomic E-state index is 0.0580. The lowest BCUT2D eigenvalue weighted by molar-refractivity contribution is -0.137. The first-order chi connectivity index (χ1) is 10.9. The number of fused-ring (bicyclic) bond motifs is 2. The summed E-state index contributed by atoms with van der Waals surface area (Å²) in [6.45, 7) is 0. The van der Waals surface area contributed by atoms with E-state index in [1.165, 1.54) is 18.2 Å². The molecule has 0 aromatic heterocycles. The van der Waals surface area contributed by atoms with Crippen LogP contribution in [0.1, 0.15) is 48.0 Å². The lowest BCUT2D eigenvalue weighted by atomic mass is 9.67. The van der Waals surface area contributed by atoms with Crippen molar-refractivity contribution in [2.75, 3.05) is 0 Å². The van der Waals surface area contributed by atoms with Gasteiger partial charge in [-0.15, -0.1) is 0 Å². The van der Waals surface area contributed by atoms with Crippen molar-refractivity contribution in [3.63, 3.8) is 0 Å². The summed E-state index contributed by atoms with van der Waals surface area (Å²) >= 11 is 0. The molecular weight excluding hydrogens is 305 g/mol. The van der Waals surface area contributed by atoms with Crippen molar-refractivity contribution in [2.24, 2.45) is 17.6 Å². The van der Waals surface area contributed by atoms with Crippen molar-refractivity contribution in [2.45, 2.75) is 50.4 Å². The molecule has 126 valence electrons. The molecule has 2 aliphatic rings. The van der Waals surface area contributed by atoms with Gasteiger partial charge in [-0.05, 0) is 49.7 Å². The fourth-order valence-electron chi connectivity index (χ4n) is 4.18. The van der Waals surface area contributed by atoms with Crippen LogP contribution in [0.3, 0.4) is 0 Å². The van der Waals surface area contributed by atoms with E-state index in [0.717, 1.165) is 38.2 Å². The Morgan fingerprint density at radius 2 is 1.74 bits per heavy atom. The molecule has 2 saturated carbocycles. The van der Waals surface area contributed by atoms with Gasteiger partial charge < -0.3 is 11.1 Å². The smallest absolute Gasteiger partial charge is 0.349 e. The predicted molar refractivity (Wildman–Crippen MR) is 80.7 cm³/mol. The number of alkyl halides is 3. The van der Waals surface area contributed by atoms with Crippen LogP contribution in [0.15, 0.2) is 24.3 Å². The molecule has 2 fully saturated rings. The van der Waals surface area contributed by atoms with Gasteiger partial charge in [-0.1, -0.05) is 18.6 Å². The van der Waals surface area contributed by atoms with E-state index in [4.69, 9.17) is 5.73 Å². The number of rotatable bonds is 2. The van der Waals surface area contributed by atoms with Gasteiger partial charge in [0.05, 0.1) is 11.1 Å². The van der Waals surface area contributed by atoms with Crippen LogP contribution in [0.2, 0.25) is 0 Å². The average molecular weight is 326 g/mol. The average Bonchev–Trinajstić information content (AvgIpc) is 2.47. The van der Waals surface area contributed by atoms with Crippen LogP contribution in [-0.2, 0) is 6.18 Å². The van der Waals surface area contributed by atoms with Crippen molar-refractivity contribution in [1.82, 2.24) is 5.32 Å². The third-order valence-electron chi connectivity index (χ3n) is 5.15. The lowest BCUT2D eigenvalue weighted by Gasteiger charge is -2.45. The Morgan fingerprint density at radius 3 is 2.35 bits per heavy atom. The molecule has 3 N–H and O–H groups in total. The molecule has 3 nitrogen and oxygen atoms in total. The third-order valence-corrected chi connectivity index (χ3v) is 5.15. The second-order valence-electron chi connectivity index (χ2n) is 6.73. The Labute approximate surface area is 133 Å². The zero-order valence-corrected chi connectivity index (χ0v) is 12.8. The highest BCUT2D eigenvalue weighted by Gasteiger charge is 2.41. The van der Waals surface area contributed by atoms with Gasteiger partial charge in [-0.25, -0.2) is 0 Å². The molecule has 3 rings (SSSR count). The zero-order chi connectivity index (χ0) is 16.6. The summed E-state index contributed by atoms with van der Waals surface area (Å²) in [6.07, 6.45) is 0.211. The molecule has 0 heterocycles. The highest BCUT2D eigenvalue weighted by molar-refractivity contribution is 5.96. The van der Waals surface area contributed by atoms with Crippen molar-refractivity contribution in [3.05, 3.63) is 35.4 Å². The Bertz CT molecular complexity index is 573. The molecular formula is C17H21F3N2O. The molecule has 1 aromatic carbocycles. The summed E-state index contributed by atoms with van der Waals surface area (Å²) in [5, 5.41) is 2.88. The van der Waals surface area contributed by atoms with Crippen LogP contribution in [0.5, 0.6) is 0 Å². The molecule has 2 bridgehead atoms. The number of amides is 1. The first-order valence-electron chi connectivity index (χ1n) is 8.09. The van der Waals surface area contributed by atoms with Gasteiger partial charge in [0.2, 0.25) is 0 Å². The van der Waals surface area contributed by atoms with Gasteiger partial charge in [0.25, 0.3) is 5.91 Å². The van der Waals surface area contributed by atoms with E-state index < -0.39 is 17.6 Å². The Hall–Kier alpha value is -1.56. The summed E-state index contributed by atoms with van der Waals surface area (Å²) in [7, 11) is 0. The maximum atomic E-state index is 13.1. The normalized spacial score (nSPS) is 30.8. The summed E-state index contributed by atoms with van der Waals surface area (Å²) in [6, 6.07) is 5.03. The minimum atomic E-state index is -4.53. The van der Waals surface area contributed by atoms with Gasteiger partial charge in [-0.2, -0.15) is 13.2 Å². The first kappa shape index (κ1) is 16.3. The number of benzene rings is 1. The summed E-state index contributed by atoms with van der Waals surface area (Å²) in [5.41, 5.74) is 4.87. The van der Waals surface area contributed by atoms with Crippen LogP contribution >= 0.6 is 0 Å². The highest BCUT2D eigenvalue weighted by atomic mass is 19.4. The molecule has 1 amide bonds. The number of halogens is 3. The number of carbonyl (C=O) groups excluding carboxylic acids is 1. The quantitative estimate of drug-likeness (QED) is 0.876. The fourth-order valence-corrected chi connectivity index (χ4v) is 4.18. The molecule has 2 unspecified atom stereocenters. The van der Waals surface area contributed by atoms with Crippen molar-refractivity contribution >= 4 is 5.91 Å². The van der Waals surface area contributed by atoms with Crippen molar-refractivity contribution in [1.29, 1.82) is 0 Å². The highest BCUT2D eigenvalue weighted by Crippen LogP contribution is 2.40. The van der Waals surface area contributed by atoms with Crippen LogP contribution in [0, 0.1) is 11.8 Å². The summed E-state index contributed by atoms with van der Waals surface area (Å²) in [5.74, 6) is -0.0747. The van der Waals surface area contributed by atoms with Gasteiger partial charge in [0.15, 0.2) is 0 Å². The van der Waals surface area contributed by atoms with Crippen LogP contribution in [0.25, 0.3) is 0 Å². The maximum Gasteiger partial charge on any atom is 0.417 e. The number of nitrogens with one attached hydrogen (secondary N) is 1. The van der Waals surface area contributed by atoms with Crippen molar-refractivity contribution < 1.29 is 18.0 Å². The first-order valence-corrected chi connectivity index (χ1v) is 8.09. The zero-order valence-electron chi connectivity index (χ0n) is 12.8. The molecule has 0 radical (unpaired) electrons. The van der Waals surface area contributed by atoms with Crippen LogP contribution < -0.4 is 11.1 Å². The fraction of sp³-hybridized carbons (Fsp3) is 0.588. The number of hydrogen-bond donors (Lipinski definition) is 2. The Balaban J connectivity index is 1.80. The second kappa shape index (κ2) is 6.15. The molecule has 0 spiro atoms. The summed E-state index contributed by atoms with van der Waals surface area (Å²) in [4.78, 5) is 12.5. The van der Waals surface area contributed by atoms with E-state index in [9.17, 15) is 18.0 Å². The van der Waals surface area contributed by atoms with Crippen molar-refractivity contribution in [3.8, 4) is 0 Å². The van der Waals surface area contributed by atoms with Gasteiger partial charge in [0.1, 0.15) is 0 Å². The van der Waals surface area contributed by atoms with E-state index in [0.29, 0.717) is 0 Å². The largest absolute Gasteiger partial charge is 0.417 e. The molecule has 6 heteroatoms. The minimum Gasteiger partial charge on any atom is -0.349 e. The van der Waals surface area contributed by atoms with Crippen LogP contribution in [-0.4, -0.2) is 18.0 Å². The van der Waals surface area contributed by atoms with E-state index >= 15 is 0 Å². The van der Waals surface area contributed by atoms with Gasteiger partial charge in [0, 0.05) is 12.1 Å². The van der Waals surface area contributed by atoms with E-state index in [-0.39, 0.29) is 29.5 Å². The number of carbonyl (C=O) groups is 1. The number of hydrogen-bond acceptors (Lipinski definition) is 2. The van der Waals surface area contributed by atoms with E-state index in [2.05, 4.69) is 5.32 Å². The summed E-state index contributed by atoms with van der Waals surface area (Å²) < 4.78 is 39.2. The SMILES string of the molecule is NC1CC2CCCC(C1)C2NC(=O)c1ccccc1C(F)(F)F. The molecule has 2 atom stereocenters.